The predicted octanol–water partition coefficient (Wildman–Crippen LogP) is 7.36. The minimum Gasteiger partial charge on any atom is -0.478 e. The number of fused-ring (bicyclic) bond motifs is 1. The third-order valence-electron chi connectivity index (χ3n) is 8.72. The van der Waals surface area contributed by atoms with Gasteiger partial charge < -0.3 is 14.4 Å². The van der Waals surface area contributed by atoms with Gasteiger partial charge in [-0.25, -0.2) is 4.79 Å². The van der Waals surface area contributed by atoms with E-state index in [9.17, 15) is 9.90 Å². The second-order valence-electron chi connectivity index (χ2n) is 11.1. The van der Waals surface area contributed by atoms with Crippen molar-refractivity contribution in [1.82, 2.24) is 9.47 Å². The second-order valence-corrected chi connectivity index (χ2v) is 11.1. The molecule has 1 saturated carbocycles. The van der Waals surface area contributed by atoms with E-state index in [1.807, 2.05) is 6.07 Å². The zero-order chi connectivity index (χ0) is 26.8. The summed E-state index contributed by atoms with van der Waals surface area (Å²) in [7, 11) is 0. The molecule has 0 atom stereocenters. The lowest BCUT2D eigenvalue weighted by molar-refractivity contribution is 0.0366. The van der Waals surface area contributed by atoms with Gasteiger partial charge in [-0.3, -0.25) is 4.90 Å². The Hall–Kier alpha value is -3.41. The molecule has 1 N–H and O–H groups in total. The van der Waals surface area contributed by atoms with Gasteiger partial charge in [-0.2, -0.15) is 0 Å². The molecule has 0 radical (unpaired) electrons. The van der Waals surface area contributed by atoms with E-state index in [0.29, 0.717) is 11.5 Å². The van der Waals surface area contributed by atoms with Crippen LogP contribution >= 0.6 is 0 Å². The smallest absolute Gasteiger partial charge is 0.335 e. The summed E-state index contributed by atoms with van der Waals surface area (Å²) in [5, 5.41) is 11.1. The number of benzene rings is 3. The maximum atomic E-state index is 12.0. The molecule has 202 valence electrons. The van der Waals surface area contributed by atoms with E-state index < -0.39 is 5.97 Å². The van der Waals surface area contributed by atoms with Crippen molar-refractivity contribution in [2.45, 2.75) is 51.5 Å². The summed E-state index contributed by atoms with van der Waals surface area (Å²) in [6.45, 7) is 7.33. The Morgan fingerprint density at radius 3 is 2.33 bits per heavy atom. The van der Waals surface area contributed by atoms with E-state index in [1.54, 1.807) is 6.07 Å². The zero-order valence-electron chi connectivity index (χ0n) is 22.9. The van der Waals surface area contributed by atoms with Gasteiger partial charge in [0, 0.05) is 37.1 Å². The summed E-state index contributed by atoms with van der Waals surface area (Å²) in [5.41, 5.74) is 9.04. The third kappa shape index (κ3) is 5.26. The van der Waals surface area contributed by atoms with Gasteiger partial charge in [0.2, 0.25) is 0 Å². The number of hydrogen-bond donors (Lipinski definition) is 1. The summed E-state index contributed by atoms with van der Waals surface area (Å²) in [5.74, 6) is -0.381. The normalized spacial score (nSPS) is 17.1. The molecule has 5 heteroatoms. The maximum absolute atomic E-state index is 12.0. The number of carboxylic acids is 1. The largest absolute Gasteiger partial charge is 0.478 e. The molecule has 2 fully saturated rings. The lowest BCUT2D eigenvalue weighted by Crippen LogP contribution is -2.38. The number of nitrogens with zero attached hydrogens (tertiary/aromatic N) is 2. The van der Waals surface area contributed by atoms with Gasteiger partial charge in [-0.15, -0.1) is 0 Å². The molecule has 4 aromatic rings. The highest BCUT2D eigenvalue weighted by atomic mass is 16.5. The fourth-order valence-corrected chi connectivity index (χ4v) is 6.63. The molecule has 2 heterocycles. The highest BCUT2D eigenvalue weighted by Gasteiger charge is 2.27. The zero-order valence-corrected chi connectivity index (χ0v) is 22.9. The standard InChI is InChI=1S/C34H38N2O3/c1-24-7-5-6-10-29(24)25-11-13-27(14-12-25)33-32(26-8-3-2-4-9-26)30-16-15-28(34(37)38)23-31(30)36(33)18-17-35-19-21-39-22-20-35/h5-7,10-16,23,26H,2-4,8-9,17-22H2,1H3,(H,37,38). The van der Waals surface area contributed by atoms with Gasteiger partial charge in [0.15, 0.2) is 0 Å². The topological polar surface area (TPSA) is 54.7 Å². The summed E-state index contributed by atoms with van der Waals surface area (Å²) >= 11 is 0. The molecule has 0 amide bonds. The summed E-state index contributed by atoms with van der Waals surface area (Å²) < 4.78 is 8.00. The van der Waals surface area contributed by atoms with Crippen LogP contribution in [0.1, 0.15) is 59.5 Å². The Morgan fingerprint density at radius 1 is 0.897 bits per heavy atom. The molecule has 3 aromatic carbocycles. The molecule has 5 nitrogen and oxygen atoms in total. The number of ether oxygens (including phenoxy) is 1. The van der Waals surface area contributed by atoms with Gasteiger partial charge in [-0.05, 0) is 65.6 Å². The lowest BCUT2D eigenvalue weighted by atomic mass is 9.81. The molecule has 39 heavy (non-hydrogen) atoms. The monoisotopic (exact) mass is 522 g/mol. The summed E-state index contributed by atoms with van der Waals surface area (Å²) in [4.78, 5) is 14.5. The van der Waals surface area contributed by atoms with Crippen LogP contribution in [0.15, 0.2) is 66.7 Å². The van der Waals surface area contributed by atoms with Crippen LogP contribution < -0.4 is 0 Å². The Bertz CT molecular complexity index is 1460. The van der Waals surface area contributed by atoms with Crippen LogP contribution in [-0.4, -0.2) is 53.4 Å². The van der Waals surface area contributed by atoms with Gasteiger partial charge in [0.25, 0.3) is 0 Å². The Labute approximate surface area is 231 Å². The van der Waals surface area contributed by atoms with Gasteiger partial charge in [0.05, 0.1) is 24.5 Å². The number of carboxylic acid groups (broad SMARTS) is 1. The molecule has 0 spiro atoms. The van der Waals surface area contributed by atoms with Crippen LogP contribution in [0.3, 0.4) is 0 Å². The van der Waals surface area contributed by atoms with Crippen molar-refractivity contribution < 1.29 is 14.6 Å². The van der Waals surface area contributed by atoms with Crippen molar-refractivity contribution in [3.05, 3.63) is 83.4 Å². The average molecular weight is 523 g/mol. The van der Waals surface area contributed by atoms with Crippen LogP contribution in [0.25, 0.3) is 33.3 Å². The number of hydrogen-bond acceptors (Lipinski definition) is 3. The molecule has 0 unspecified atom stereocenters. The molecule has 1 aliphatic carbocycles. The van der Waals surface area contributed by atoms with Gasteiger partial charge in [0.1, 0.15) is 0 Å². The summed E-state index contributed by atoms with van der Waals surface area (Å²) in [6.07, 6.45) is 6.19. The van der Waals surface area contributed by atoms with Gasteiger partial charge >= 0.3 is 5.97 Å². The lowest BCUT2D eigenvalue weighted by Gasteiger charge is -2.27. The molecular formula is C34H38N2O3. The molecule has 1 aromatic heterocycles. The van der Waals surface area contributed by atoms with Crippen molar-refractivity contribution in [1.29, 1.82) is 0 Å². The first kappa shape index (κ1) is 25.8. The second kappa shape index (κ2) is 11.4. The maximum Gasteiger partial charge on any atom is 0.335 e. The number of carbonyl (C=O) groups is 1. The molecule has 0 bridgehead atoms. The van der Waals surface area contributed by atoms with E-state index in [1.165, 1.54) is 71.0 Å². The molecule has 1 saturated heterocycles. The van der Waals surface area contributed by atoms with Crippen LogP contribution in [0.2, 0.25) is 0 Å². The van der Waals surface area contributed by atoms with Crippen LogP contribution in [0.5, 0.6) is 0 Å². The Balaban J connectivity index is 1.50. The van der Waals surface area contributed by atoms with Crippen molar-refractivity contribution in [3.8, 4) is 22.4 Å². The fraction of sp³-hybridized carbons (Fsp3) is 0.382. The summed E-state index contributed by atoms with van der Waals surface area (Å²) in [6, 6.07) is 23.3. The fourth-order valence-electron chi connectivity index (χ4n) is 6.63. The van der Waals surface area contributed by atoms with Crippen molar-refractivity contribution in [2.75, 3.05) is 32.8 Å². The van der Waals surface area contributed by atoms with Crippen LogP contribution in [0, 0.1) is 6.92 Å². The molecule has 1 aliphatic heterocycles. The number of aryl methyl sites for hydroxylation is 1. The first-order valence-electron chi connectivity index (χ1n) is 14.5. The van der Waals surface area contributed by atoms with E-state index in [2.05, 4.69) is 71.0 Å². The molecule has 6 rings (SSSR count). The van der Waals surface area contributed by atoms with E-state index in [4.69, 9.17) is 4.74 Å². The minimum absolute atomic E-state index is 0.351. The first-order valence-corrected chi connectivity index (χ1v) is 14.5. The van der Waals surface area contributed by atoms with E-state index >= 15 is 0 Å². The first-order chi connectivity index (χ1) is 19.1. The van der Waals surface area contributed by atoms with Crippen LogP contribution in [0.4, 0.5) is 0 Å². The number of aromatic nitrogens is 1. The highest BCUT2D eigenvalue weighted by Crippen LogP contribution is 2.44. The number of rotatable bonds is 7. The minimum atomic E-state index is -0.874. The Kier molecular flexibility index (Phi) is 7.53. The SMILES string of the molecule is Cc1ccccc1-c1ccc(-c2c(C3CCCCC3)c3ccc(C(=O)O)cc3n2CCN2CCOCC2)cc1. The van der Waals surface area contributed by atoms with E-state index in [0.717, 1.165) is 44.9 Å². The Morgan fingerprint density at radius 2 is 1.62 bits per heavy atom. The molecular weight excluding hydrogens is 484 g/mol. The number of aromatic carboxylic acids is 1. The van der Waals surface area contributed by atoms with Crippen LogP contribution in [-0.2, 0) is 11.3 Å². The quantitative estimate of drug-likeness (QED) is 0.275. The van der Waals surface area contributed by atoms with Gasteiger partial charge in [-0.1, -0.05) is 73.9 Å². The highest BCUT2D eigenvalue weighted by molar-refractivity contribution is 5.98. The van der Waals surface area contributed by atoms with Crippen molar-refractivity contribution in [3.63, 3.8) is 0 Å². The van der Waals surface area contributed by atoms with Crippen molar-refractivity contribution >= 4 is 16.9 Å². The predicted molar refractivity (Wildman–Crippen MR) is 158 cm³/mol. The number of morpholine rings is 1. The van der Waals surface area contributed by atoms with Crippen molar-refractivity contribution in [2.24, 2.45) is 0 Å². The average Bonchev–Trinajstić information content (AvgIpc) is 3.31. The molecule has 2 aliphatic rings. The third-order valence-corrected chi connectivity index (χ3v) is 8.72. The van der Waals surface area contributed by atoms with E-state index in [-0.39, 0.29) is 0 Å².